The van der Waals surface area contributed by atoms with Crippen molar-refractivity contribution in [1.29, 1.82) is 0 Å². The first kappa shape index (κ1) is 15.5. The topological polar surface area (TPSA) is 78.4 Å². The Morgan fingerprint density at radius 1 is 1.35 bits per heavy atom. The lowest BCUT2D eigenvalue weighted by molar-refractivity contribution is -0.144. The number of fused-ring (bicyclic) bond motifs is 2. The Morgan fingerprint density at radius 2 is 2.05 bits per heavy atom. The van der Waals surface area contributed by atoms with E-state index in [2.05, 4.69) is 17.6 Å². The highest BCUT2D eigenvalue weighted by Gasteiger charge is 2.51. The maximum atomic E-state index is 11.9. The Kier molecular flexibility index (Phi) is 5.18. The maximum Gasteiger partial charge on any atom is 0.315 e. The second-order valence-corrected chi connectivity index (χ2v) is 7.05. The maximum absolute atomic E-state index is 11.9. The molecule has 2 saturated carbocycles. The highest BCUT2D eigenvalue weighted by Crippen LogP contribution is 2.48. The van der Waals surface area contributed by atoms with Crippen molar-refractivity contribution in [1.82, 2.24) is 10.6 Å². The van der Waals surface area contributed by atoms with Gasteiger partial charge in [0.2, 0.25) is 0 Å². The zero-order valence-corrected chi connectivity index (χ0v) is 12.9. The van der Waals surface area contributed by atoms with E-state index in [-0.39, 0.29) is 18.0 Å². The van der Waals surface area contributed by atoms with Gasteiger partial charge in [0.25, 0.3) is 0 Å². The molecule has 0 spiro atoms. The molecule has 2 aliphatic carbocycles. The summed E-state index contributed by atoms with van der Waals surface area (Å²) in [6.45, 7) is 2.72. The number of thioether (sulfide) groups is 1. The first-order valence-electron chi connectivity index (χ1n) is 7.29. The van der Waals surface area contributed by atoms with Crippen molar-refractivity contribution in [3.8, 4) is 0 Å². The normalized spacial score (nSPS) is 32.9. The van der Waals surface area contributed by atoms with Crippen molar-refractivity contribution in [2.45, 2.75) is 32.2 Å². The lowest BCUT2D eigenvalue weighted by atomic mass is 9.84. The fourth-order valence-electron chi connectivity index (χ4n) is 3.67. The quantitative estimate of drug-likeness (QED) is 0.699. The van der Waals surface area contributed by atoms with Crippen LogP contribution in [0.1, 0.15) is 26.2 Å². The Bertz CT molecular complexity index is 377. The molecule has 3 N–H and O–H groups in total. The van der Waals surface area contributed by atoms with E-state index in [1.165, 1.54) is 0 Å². The standard InChI is InChI=1S/C14H24N2O3S/c1-8(7-20-2)6-15-14(19)16-12-10-4-3-9(5-10)11(12)13(17)18/h8-12H,3-7H2,1-2H3,(H,17,18)(H2,15,16,19). The van der Waals surface area contributed by atoms with Gasteiger partial charge in [-0.1, -0.05) is 6.92 Å². The van der Waals surface area contributed by atoms with Crippen LogP contribution in [0.5, 0.6) is 0 Å². The van der Waals surface area contributed by atoms with E-state index in [1.807, 2.05) is 6.26 Å². The van der Waals surface area contributed by atoms with Crippen LogP contribution < -0.4 is 10.6 Å². The molecule has 2 bridgehead atoms. The first-order chi connectivity index (χ1) is 9.52. The van der Waals surface area contributed by atoms with Gasteiger partial charge in [0.15, 0.2) is 0 Å². The van der Waals surface area contributed by atoms with Crippen molar-refractivity contribution < 1.29 is 14.7 Å². The molecule has 6 heteroatoms. The molecule has 5 atom stereocenters. The smallest absolute Gasteiger partial charge is 0.315 e. The number of urea groups is 1. The first-order valence-corrected chi connectivity index (χ1v) is 8.68. The predicted octanol–water partition coefficient (Wildman–Crippen LogP) is 1.78. The van der Waals surface area contributed by atoms with Crippen LogP contribution in [0.25, 0.3) is 0 Å². The molecule has 2 aliphatic rings. The minimum Gasteiger partial charge on any atom is -0.481 e. The second kappa shape index (κ2) is 6.70. The largest absolute Gasteiger partial charge is 0.481 e. The molecule has 0 aromatic carbocycles. The van der Waals surface area contributed by atoms with Crippen molar-refractivity contribution in [2.75, 3.05) is 18.6 Å². The number of rotatable bonds is 6. The molecule has 0 radical (unpaired) electrons. The van der Waals surface area contributed by atoms with Crippen LogP contribution in [0, 0.1) is 23.7 Å². The zero-order chi connectivity index (χ0) is 14.7. The van der Waals surface area contributed by atoms with Crippen molar-refractivity contribution in [3.05, 3.63) is 0 Å². The van der Waals surface area contributed by atoms with Gasteiger partial charge in [0.05, 0.1) is 5.92 Å². The van der Waals surface area contributed by atoms with E-state index in [0.717, 1.165) is 25.0 Å². The monoisotopic (exact) mass is 300 g/mol. The molecular weight excluding hydrogens is 276 g/mol. The Morgan fingerprint density at radius 3 is 2.70 bits per heavy atom. The summed E-state index contributed by atoms with van der Waals surface area (Å²) < 4.78 is 0. The lowest BCUT2D eigenvalue weighted by Crippen LogP contribution is -2.50. The van der Waals surface area contributed by atoms with Crippen molar-refractivity contribution >= 4 is 23.8 Å². The van der Waals surface area contributed by atoms with Gasteiger partial charge in [-0.2, -0.15) is 11.8 Å². The van der Waals surface area contributed by atoms with Gasteiger partial charge in [0.1, 0.15) is 0 Å². The molecule has 114 valence electrons. The molecule has 0 aliphatic heterocycles. The fourth-order valence-corrected chi connectivity index (χ4v) is 4.35. The summed E-state index contributed by atoms with van der Waals surface area (Å²) in [6.07, 6.45) is 5.03. The van der Waals surface area contributed by atoms with E-state index in [4.69, 9.17) is 0 Å². The molecular formula is C14H24N2O3S. The van der Waals surface area contributed by atoms with E-state index in [1.54, 1.807) is 11.8 Å². The van der Waals surface area contributed by atoms with Crippen molar-refractivity contribution in [3.63, 3.8) is 0 Å². The average Bonchev–Trinajstić information content (AvgIpc) is 2.97. The van der Waals surface area contributed by atoms with Crippen LogP contribution in [0.4, 0.5) is 4.79 Å². The average molecular weight is 300 g/mol. The summed E-state index contributed by atoms with van der Waals surface area (Å²) in [7, 11) is 0. The molecule has 5 unspecified atom stereocenters. The number of aliphatic carboxylic acids is 1. The van der Waals surface area contributed by atoms with E-state index in [0.29, 0.717) is 18.4 Å². The number of hydrogen-bond donors (Lipinski definition) is 3. The van der Waals surface area contributed by atoms with Crippen LogP contribution in [0.2, 0.25) is 0 Å². The van der Waals surface area contributed by atoms with Gasteiger partial charge < -0.3 is 15.7 Å². The highest BCUT2D eigenvalue weighted by molar-refractivity contribution is 7.98. The third-order valence-electron chi connectivity index (χ3n) is 4.56. The summed E-state index contributed by atoms with van der Waals surface area (Å²) in [5.41, 5.74) is 0. The number of nitrogens with one attached hydrogen (secondary N) is 2. The van der Waals surface area contributed by atoms with Crippen LogP contribution in [0.3, 0.4) is 0 Å². The van der Waals surface area contributed by atoms with Gasteiger partial charge in [-0.3, -0.25) is 4.79 Å². The summed E-state index contributed by atoms with van der Waals surface area (Å²) in [6, 6.07) is -0.413. The fraction of sp³-hybridized carbons (Fsp3) is 0.857. The molecule has 2 amide bonds. The van der Waals surface area contributed by atoms with Crippen molar-refractivity contribution in [2.24, 2.45) is 23.7 Å². The number of hydrogen-bond acceptors (Lipinski definition) is 3. The van der Waals surface area contributed by atoms with Crippen LogP contribution in [0.15, 0.2) is 0 Å². The summed E-state index contributed by atoms with van der Waals surface area (Å²) in [4.78, 5) is 23.3. The third kappa shape index (κ3) is 3.40. The Balaban J connectivity index is 1.83. The number of carboxylic acid groups (broad SMARTS) is 1. The van der Waals surface area contributed by atoms with E-state index >= 15 is 0 Å². The lowest BCUT2D eigenvalue weighted by Gasteiger charge is -2.29. The second-order valence-electron chi connectivity index (χ2n) is 6.14. The number of carboxylic acids is 1. The van der Waals surface area contributed by atoms with Crippen LogP contribution in [-0.4, -0.2) is 41.7 Å². The summed E-state index contributed by atoms with van der Waals surface area (Å²) >= 11 is 1.76. The zero-order valence-electron chi connectivity index (χ0n) is 12.1. The summed E-state index contributed by atoms with van der Waals surface area (Å²) in [5, 5.41) is 15.1. The molecule has 5 nitrogen and oxygen atoms in total. The summed E-state index contributed by atoms with van der Waals surface area (Å²) in [5.74, 6) is 0.854. The van der Waals surface area contributed by atoms with E-state index in [9.17, 15) is 14.7 Å². The van der Waals surface area contributed by atoms with Gasteiger partial charge in [-0.15, -0.1) is 0 Å². The number of carbonyl (C=O) groups is 2. The minimum absolute atomic E-state index is 0.192. The molecule has 0 aromatic rings. The Labute approximate surface area is 124 Å². The number of carbonyl (C=O) groups excluding carboxylic acids is 1. The SMILES string of the molecule is CSCC(C)CNC(=O)NC1C2CCC(C2)C1C(=O)O. The van der Waals surface area contributed by atoms with Gasteiger partial charge >= 0.3 is 12.0 Å². The molecule has 0 saturated heterocycles. The molecule has 2 rings (SSSR count). The number of amides is 2. The van der Waals surface area contributed by atoms with E-state index < -0.39 is 11.9 Å². The molecule has 2 fully saturated rings. The molecule has 0 heterocycles. The molecule has 0 aromatic heterocycles. The van der Waals surface area contributed by atoms with Crippen LogP contribution >= 0.6 is 11.8 Å². The Hall–Kier alpha value is -0.910. The van der Waals surface area contributed by atoms with Crippen LogP contribution in [-0.2, 0) is 4.79 Å². The third-order valence-corrected chi connectivity index (χ3v) is 5.46. The highest BCUT2D eigenvalue weighted by atomic mass is 32.2. The minimum atomic E-state index is -0.766. The van der Waals surface area contributed by atoms with Gasteiger partial charge in [-0.05, 0) is 49.0 Å². The van der Waals surface area contributed by atoms with Gasteiger partial charge in [-0.25, -0.2) is 4.79 Å². The molecule has 20 heavy (non-hydrogen) atoms. The predicted molar refractivity (Wildman–Crippen MR) is 79.8 cm³/mol. The van der Waals surface area contributed by atoms with Gasteiger partial charge in [0, 0.05) is 12.6 Å².